The minimum absolute atomic E-state index is 0.279. The lowest BCUT2D eigenvalue weighted by Crippen LogP contribution is -2.41. The zero-order valence-corrected chi connectivity index (χ0v) is 15.4. The summed E-state index contributed by atoms with van der Waals surface area (Å²) >= 11 is 0. The molecule has 1 aromatic carbocycles. The Bertz CT molecular complexity index is 883. The van der Waals surface area contributed by atoms with Crippen molar-refractivity contribution in [1.82, 2.24) is 15.0 Å². The number of halogens is 3. The smallest absolute Gasteiger partial charge is 0.475 e. The molecule has 1 aliphatic rings. The average Bonchev–Trinajstić information content (AvgIpc) is 2.93. The number of nitrogens with zero attached hydrogens (tertiary/aromatic N) is 3. The molecule has 2 aromatic rings. The fourth-order valence-electron chi connectivity index (χ4n) is 2.53. The number of carbonyl (C=O) groups is 3. The Morgan fingerprint density at radius 1 is 1.14 bits per heavy atom. The zero-order chi connectivity index (χ0) is 21.6. The molecule has 9 nitrogen and oxygen atoms in total. The van der Waals surface area contributed by atoms with Crippen molar-refractivity contribution in [2.45, 2.75) is 12.6 Å². The van der Waals surface area contributed by atoms with Crippen LogP contribution in [0.1, 0.15) is 6.42 Å². The van der Waals surface area contributed by atoms with Crippen molar-refractivity contribution in [2.75, 3.05) is 38.5 Å². The van der Waals surface area contributed by atoms with Crippen molar-refractivity contribution >= 4 is 34.6 Å². The zero-order valence-electron chi connectivity index (χ0n) is 15.4. The van der Waals surface area contributed by atoms with E-state index in [1.54, 1.807) is 17.0 Å². The Balaban J connectivity index is 0.000000370. The summed E-state index contributed by atoms with van der Waals surface area (Å²) in [7, 11) is 2.01. The number of para-hydroxylation sites is 1. The summed E-state index contributed by atoms with van der Waals surface area (Å²) < 4.78 is 36.8. The molecule has 3 rings (SSSR count). The van der Waals surface area contributed by atoms with Gasteiger partial charge in [-0.15, -0.1) is 0 Å². The lowest BCUT2D eigenvalue weighted by atomic mass is 10.2. The molecule has 2 amide bonds. The van der Waals surface area contributed by atoms with Crippen LogP contribution in [0.2, 0.25) is 0 Å². The van der Waals surface area contributed by atoms with Crippen LogP contribution in [0.3, 0.4) is 0 Å². The van der Waals surface area contributed by atoms with E-state index in [0.29, 0.717) is 24.1 Å². The molecule has 0 unspecified atom stereocenters. The van der Waals surface area contributed by atoms with Gasteiger partial charge in [0.1, 0.15) is 0 Å². The second kappa shape index (κ2) is 9.37. The van der Waals surface area contributed by atoms with Crippen molar-refractivity contribution < 1.29 is 37.2 Å². The quantitative estimate of drug-likeness (QED) is 0.678. The third-order valence-electron chi connectivity index (χ3n) is 4.05. The number of benzene rings is 1. The molecule has 0 saturated carbocycles. The molecule has 1 aliphatic heterocycles. The molecule has 0 bridgehead atoms. The maximum absolute atomic E-state index is 12.3. The van der Waals surface area contributed by atoms with E-state index in [0.717, 1.165) is 19.5 Å². The van der Waals surface area contributed by atoms with E-state index in [1.807, 2.05) is 19.2 Å². The number of carbonyl (C=O) groups excluding carboxylic acids is 2. The number of likely N-dealkylation sites (N-methyl/N-ethyl adjacent to an activating group) is 1. The Morgan fingerprint density at radius 2 is 1.79 bits per heavy atom. The van der Waals surface area contributed by atoms with E-state index in [4.69, 9.17) is 14.4 Å². The highest BCUT2D eigenvalue weighted by atomic mass is 19.4. The summed E-state index contributed by atoms with van der Waals surface area (Å²) in [5, 5.41) is 14.2. The molecule has 0 spiro atoms. The number of carboxylic acids is 1. The SMILES string of the molecule is CN1CCCN(C(=O)C(=O)Nc2noc3ccccc23)CC1.O=C(O)C(F)(F)F. The van der Waals surface area contributed by atoms with Crippen LogP contribution >= 0.6 is 0 Å². The number of rotatable bonds is 1. The van der Waals surface area contributed by atoms with Crippen LogP contribution in [-0.4, -0.2) is 77.2 Å². The van der Waals surface area contributed by atoms with E-state index >= 15 is 0 Å². The standard InChI is InChI=1S/C15H18N4O3.C2HF3O2/c1-18-7-4-8-19(10-9-18)15(21)14(20)16-13-11-5-2-3-6-12(11)22-17-13;3-2(4,5)1(6)7/h2-3,5-6H,4,7-10H2,1H3,(H,16,17,20);(H,6,7). The molecule has 1 aromatic heterocycles. The molecular weight excluding hydrogens is 397 g/mol. The number of hydrogen-bond donors (Lipinski definition) is 2. The summed E-state index contributed by atoms with van der Waals surface area (Å²) in [4.78, 5) is 37.0. The van der Waals surface area contributed by atoms with Crippen molar-refractivity contribution in [2.24, 2.45) is 0 Å². The number of fused-ring (bicyclic) bond motifs is 1. The van der Waals surface area contributed by atoms with Gasteiger partial charge in [-0.25, -0.2) is 4.79 Å². The van der Waals surface area contributed by atoms with Crippen LogP contribution < -0.4 is 5.32 Å². The summed E-state index contributed by atoms with van der Waals surface area (Å²) in [5.74, 6) is -3.68. The summed E-state index contributed by atoms with van der Waals surface area (Å²) in [6.45, 7) is 2.85. The Kier molecular flexibility index (Phi) is 7.15. The van der Waals surface area contributed by atoms with Crippen LogP contribution in [0, 0.1) is 0 Å². The molecule has 0 radical (unpaired) electrons. The fraction of sp³-hybridized carbons (Fsp3) is 0.412. The van der Waals surface area contributed by atoms with Gasteiger partial charge in [-0.3, -0.25) is 14.9 Å². The van der Waals surface area contributed by atoms with E-state index in [-0.39, 0.29) is 5.82 Å². The number of aliphatic carboxylic acids is 1. The molecule has 158 valence electrons. The highest BCUT2D eigenvalue weighted by molar-refractivity contribution is 6.39. The summed E-state index contributed by atoms with van der Waals surface area (Å²) in [5.41, 5.74) is 0.571. The normalized spacial score (nSPS) is 15.2. The molecule has 0 aliphatic carbocycles. The highest BCUT2D eigenvalue weighted by Gasteiger charge is 2.38. The molecule has 1 saturated heterocycles. The van der Waals surface area contributed by atoms with Gasteiger partial charge >= 0.3 is 24.0 Å². The third-order valence-corrected chi connectivity index (χ3v) is 4.05. The van der Waals surface area contributed by atoms with E-state index in [9.17, 15) is 22.8 Å². The second-order valence-electron chi connectivity index (χ2n) is 6.23. The molecular formula is C17H19F3N4O5. The molecule has 0 atom stereocenters. The van der Waals surface area contributed by atoms with Gasteiger partial charge in [0.15, 0.2) is 11.4 Å². The minimum atomic E-state index is -5.08. The van der Waals surface area contributed by atoms with Gasteiger partial charge in [-0.2, -0.15) is 13.2 Å². The van der Waals surface area contributed by atoms with Crippen LogP contribution in [0.15, 0.2) is 28.8 Å². The maximum Gasteiger partial charge on any atom is 0.490 e. The number of hydrogen-bond acceptors (Lipinski definition) is 6. The van der Waals surface area contributed by atoms with E-state index in [1.165, 1.54) is 0 Å². The number of alkyl halides is 3. The Morgan fingerprint density at radius 3 is 2.45 bits per heavy atom. The van der Waals surface area contributed by atoms with Gasteiger partial charge in [-0.1, -0.05) is 17.3 Å². The second-order valence-corrected chi connectivity index (χ2v) is 6.23. The van der Waals surface area contributed by atoms with Crippen molar-refractivity contribution in [3.63, 3.8) is 0 Å². The first kappa shape index (κ1) is 22.1. The van der Waals surface area contributed by atoms with Crippen molar-refractivity contribution in [3.05, 3.63) is 24.3 Å². The first-order valence-corrected chi connectivity index (χ1v) is 8.53. The molecule has 12 heteroatoms. The number of anilines is 1. The number of nitrogens with one attached hydrogen (secondary N) is 1. The monoisotopic (exact) mass is 416 g/mol. The highest BCUT2D eigenvalue weighted by Crippen LogP contribution is 2.22. The molecule has 1 fully saturated rings. The number of aromatic nitrogens is 1. The van der Waals surface area contributed by atoms with Crippen LogP contribution in [0.25, 0.3) is 11.0 Å². The van der Waals surface area contributed by atoms with Gasteiger partial charge in [-0.05, 0) is 32.1 Å². The first-order valence-electron chi connectivity index (χ1n) is 8.53. The predicted octanol–water partition coefficient (Wildman–Crippen LogP) is 1.56. The Hall–Kier alpha value is -3.15. The molecule has 29 heavy (non-hydrogen) atoms. The lowest BCUT2D eigenvalue weighted by molar-refractivity contribution is -0.192. The van der Waals surface area contributed by atoms with Gasteiger partial charge < -0.3 is 19.4 Å². The molecule has 2 heterocycles. The minimum Gasteiger partial charge on any atom is -0.475 e. The third kappa shape index (κ3) is 6.17. The van der Waals surface area contributed by atoms with Gasteiger partial charge in [0.2, 0.25) is 0 Å². The number of carboxylic acid groups (broad SMARTS) is 1. The first-order chi connectivity index (χ1) is 13.6. The Labute approximate surface area is 163 Å². The predicted molar refractivity (Wildman–Crippen MR) is 95.0 cm³/mol. The summed E-state index contributed by atoms with van der Waals surface area (Å²) in [6.07, 6.45) is -4.22. The van der Waals surface area contributed by atoms with Gasteiger partial charge in [0.05, 0.1) is 5.39 Å². The molecule has 2 N–H and O–H groups in total. The number of amides is 2. The van der Waals surface area contributed by atoms with Crippen molar-refractivity contribution in [1.29, 1.82) is 0 Å². The average molecular weight is 416 g/mol. The van der Waals surface area contributed by atoms with Crippen molar-refractivity contribution in [3.8, 4) is 0 Å². The summed E-state index contributed by atoms with van der Waals surface area (Å²) in [6, 6.07) is 7.18. The van der Waals surface area contributed by atoms with Crippen LogP contribution in [-0.2, 0) is 14.4 Å². The largest absolute Gasteiger partial charge is 0.490 e. The lowest BCUT2D eigenvalue weighted by Gasteiger charge is -2.19. The van der Waals surface area contributed by atoms with Crippen LogP contribution in [0.5, 0.6) is 0 Å². The topological polar surface area (TPSA) is 116 Å². The van der Waals surface area contributed by atoms with Gasteiger partial charge in [0.25, 0.3) is 0 Å². The van der Waals surface area contributed by atoms with E-state index in [2.05, 4.69) is 15.4 Å². The van der Waals surface area contributed by atoms with E-state index < -0.39 is 24.0 Å². The van der Waals surface area contributed by atoms with Gasteiger partial charge in [0, 0.05) is 19.6 Å². The fourth-order valence-corrected chi connectivity index (χ4v) is 2.53. The maximum atomic E-state index is 12.3. The van der Waals surface area contributed by atoms with Crippen LogP contribution in [0.4, 0.5) is 19.0 Å².